The average Bonchev–Trinajstić information content (AvgIpc) is 2.45. The number of piperidine rings is 1. The molecule has 0 radical (unpaired) electrons. The predicted molar refractivity (Wildman–Crippen MR) is 82.6 cm³/mol. The SMILES string of the molecule is CC1CCN(CCCNC(=O)c2cccc(N)c2)CC1. The molecule has 110 valence electrons. The van der Waals surface area contributed by atoms with Crippen molar-refractivity contribution in [1.29, 1.82) is 0 Å². The number of carbonyl (C=O) groups excluding carboxylic acids is 1. The number of nitrogens with one attached hydrogen (secondary N) is 1. The molecule has 0 spiro atoms. The van der Waals surface area contributed by atoms with E-state index in [0.29, 0.717) is 11.3 Å². The van der Waals surface area contributed by atoms with Crippen LogP contribution in [0.4, 0.5) is 5.69 Å². The van der Waals surface area contributed by atoms with Gasteiger partial charge in [-0.25, -0.2) is 0 Å². The van der Waals surface area contributed by atoms with Crippen molar-refractivity contribution in [3.63, 3.8) is 0 Å². The van der Waals surface area contributed by atoms with E-state index in [1.807, 2.05) is 0 Å². The van der Waals surface area contributed by atoms with Crippen LogP contribution in [0.15, 0.2) is 24.3 Å². The van der Waals surface area contributed by atoms with Gasteiger partial charge >= 0.3 is 0 Å². The molecule has 1 fully saturated rings. The highest BCUT2D eigenvalue weighted by atomic mass is 16.1. The highest BCUT2D eigenvalue weighted by Gasteiger charge is 2.14. The van der Waals surface area contributed by atoms with E-state index in [9.17, 15) is 4.79 Å². The Balaban J connectivity index is 1.64. The molecule has 0 aromatic heterocycles. The van der Waals surface area contributed by atoms with Crippen LogP contribution in [0.5, 0.6) is 0 Å². The van der Waals surface area contributed by atoms with Gasteiger partial charge in [0.2, 0.25) is 0 Å². The number of hydrogen-bond donors (Lipinski definition) is 2. The standard InChI is InChI=1S/C16H25N3O/c1-13-6-10-19(11-7-13)9-3-8-18-16(20)14-4-2-5-15(17)12-14/h2,4-5,12-13H,3,6-11,17H2,1H3,(H,18,20). The number of nitrogen functional groups attached to an aromatic ring is 1. The van der Waals surface area contributed by atoms with Crippen LogP contribution in [-0.2, 0) is 0 Å². The highest BCUT2D eigenvalue weighted by molar-refractivity contribution is 5.94. The van der Waals surface area contributed by atoms with E-state index in [-0.39, 0.29) is 5.91 Å². The van der Waals surface area contributed by atoms with Crippen LogP contribution in [0.2, 0.25) is 0 Å². The molecule has 2 rings (SSSR count). The number of anilines is 1. The number of nitrogens with zero attached hydrogens (tertiary/aromatic N) is 1. The van der Waals surface area contributed by atoms with Crippen molar-refractivity contribution in [3.8, 4) is 0 Å². The number of hydrogen-bond acceptors (Lipinski definition) is 3. The Morgan fingerprint density at radius 1 is 1.40 bits per heavy atom. The lowest BCUT2D eigenvalue weighted by Crippen LogP contribution is -2.35. The number of likely N-dealkylation sites (tertiary alicyclic amines) is 1. The van der Waals surface area contributed by atoms with Gasteiger partial charge in [0.1, 0.15) is 0 Å². The van der Waals surface area contributed by atoms with Gasteiger partial charge < -0.3 is 16.0 Å². The van der Waals surface area contributed by atoms with Crippen molar-refractivity contribution < 1.29 is 4.79 Å². The summed E-state index contributed by atoms with van der Waals surface area (Å²) >= 11 is 0. The molecule has 3 N–H and O–H groups in total. The summed E-state index contributed by atoms with van der Waals surface area (Å²) in [7, 11) is 0. The molecule has 0 unspecified atom stereocenters. The lowest BCUT2D eigenvalue weighted by Gasteiger charge is -2.30. The van der Waals surface area contributed by atoms with E-state index in [4.69, 9.17) is 5.73 Å². The van der Waals surface area contributed by atoms with E-state index in [1.54, 1.807) is 24.3 Å². The molecule has 1 aromatic carbocycles. The summed E-state index contributed by atoms with van der Waals surface area (Å²) < 4.78 is 0. The van der Waals surface area contributed by atoms with Crippen molar-refractivity contribution in [2.75, 3.05) is 31.9 Å². The smallest absolute Gasteiger partial charge is 0.251 e. The van der Waals surface area contributed by atoms with Crippen LogP contribution >= 0.6 is 0 Å². The molecule has 1 heterocycles. The Morgan fingerprint density at radius 2 is 2.15 bits per heavy atom. The fourth-order valence-corrected chi connectivity index (χ4v) is 2.57. The van der Waals surface area contributed by atoms with Gasteiger partial charge in [0.05, 0.1) is 0 Å². The monoisotopic (exact) mass is 275 g/mol. The van der Waals surface area contributed by atoms with Crippen molar-refractivity contribution in [3.05, 3.63) is 29.8 Å². The zero-order chi connectivity index (χ0) is 14.4. The lowest BCUT2D eigenvalue weighted by molar-refractivity contribution is 0.0950. The van der Waals surface area contributed by atoms with Crippen LogP contribution in [0.1, 0.15) is 36.5 Å². The zero-order valence-electron chi connectivity index (χ0n) is 12.3. The second-order valence-electron chi connectivity index (χ2n) is 5.76. The van der Waals surface area contributed by atoms with Gasteiger partial charge in [0, 0.05) is 17.8 Å². The van der Waals surface area contributed by atoms with Gasteiger partial charge in [-0.3, -0.25) is 4.79 Å². The third kappa shape index (κ3) is 4.53. The lowest BCUT2D eigenvalue weighted by atomic mass is 9.99. The molecule has 1 aromatic rings. The van der Waals surface area contributed by atoms with Crippen molar-refractivity contribution >= 4 is 11.6 Å². The van der Waals surface area contributed by atoms with Gasteiger partial charge in [-0.1, -0.05) is 13.0 Å². The molecule has 4 heteroatoms. The first-order valence-corrected chi connectivity index (χ1v) is 7.51. The zero-order valence-corrected chi connectivity index (χ0v) is 12.3. The van der Waals surface area contributed by atoms with E-state index < -0.39 is 0 Å². The summed E-state index contributed by atoms with van der Waals surface area (Å²) in [6.45, 7) is 6.52. The van der Waals surface area contributed by atoms with E-state index in [1.165, 1.54) is 25.9 Å². The van der Waals surface area contributed by atoms with Crippen molar-refractivity contribution in [1.82, 2.24) is 10.2 Å². The number of amides is 1. The van der Waals surface area contributed by atoms with Crippen LogP contribution in [-0.4, -0.2) is 37.0 Å². The molecule has 0 atom stereocenters. The largest absolute Gasteiger partial charge is 0.399 e. The second kappa shape index (κ2) is 7.29. The minimum atomic E-state index is -0.0374. The molecule has 1 aliphatic heterocycles. The number of carbonyl (C=O) groups is 1. The van der Waals surface area contributed by atoms with Gasteiger partial charge in [-0.15, -0.1) is 0 Å². The van der Waals surface area contributed by atoms with Crippen LogP contribution in [0.25, 0.3) is 0 Å². The van der Waals surface area contributed by atoms with Gasteiger partial charge in [-0.2, -0.15) is 0 Å². The molecule has 1 saturated heterocycles. The van der Waals surface area contributed by atoms with Gasteiger partial charge in [0.15, 0.2) is 0 Å². The quantitative estimate of drug-likeness (QED) is 0.639. The maximum Gasteiger partial charge on any atom is 0.251 e. The Labute approximate surface area is 121 Å². The number of benzene rings is 1. The molecule has 20 heavy (non-hydrogen) atoms. The fraction of sp³-hybridized carbons (Fsp3) is 0.562. The molecule has 4 nitrogen and oxygen atoms in total. The summed E-state index contributed by atoms with van der Waals surface area (Å²) in [5.74, 6) is 0.832. The Morgan fingerprint density at radius 3 is 2.85 bits per heavy atom. The predicted octanol–water partition coefficient (Wildman–Crippen LogP) is 2.12. The average molecular weight is 275 g/mol. The van der Waals surface area contributed by atoms with Crippen LogP contribution < -0.4 is 11.1 Å². The minimum absolute atomic E-state index is 0.0374. The number of rotatable bonds is 5. The summed E-state index contributed by atoms with van der Waals surface area (Å²) in [4.78, 5) is 14.4. The first kappa shape index (κ1) is 14.9. The molecule has 1 amide bonds. The van der Waals surface area contributed by atoms with E-state index in [2.05, 4.69) is 17.1 Å². The van der Waals surface area contributed by atoms with E-state index in [0.717, 1.165) is 25.4 Å². The first-order valence-electron chi connectivity index (χ1n) is 7.51. The molecule has 1 aliphatic rings. The minimum Gasteiger partial charge on any atom is -0.399 e. The first-order chi connectivity index (χ1) is 9.65. The highest BCUT2D eigenvalue weighted by Crippen LogP contribution is 2.15. The van der Waals surface area contributed by atoms with Crippen molar-refractivity contribution in [2.24, 2.45) is 5.92 Å². The van der Waals surface area contributed by atoms with Crippen molar-refractivity contribution in [2.45, 2.75) is 26.2 Å². The third-order valence-electron chi connectivity index (χ3n) is 3.96. The number of nitrogens with two attached hydrogens (primary N) is 1. The third-order valence-corrected chi connectivity index (χ3v) is 3.96. The van der Waals surface area contributed by atoms with E-state index >= 15 is 0 Å². The summed E-state index contributed by atoms with van der Waals surface area (Å²) in [5, 5.41) is 2.95. The fourth-order valence-electron chi connectivity index (χ4n) is 2.57. The van der Waals surface area contributed by atoms with Crippen LogP contribution in [0.3, 0.4) is 0 Å². The molecule has 0 aliphatic carbocycles. The molecule has 0 saturated carbocycles. The molecular formula is C16H25N3O. The topological polar surface area (TPSA) is 58.4 Å². The summed E-state index contributed by atoms with van der Waals surface area (Å²) in [6.07, 6.45) is 3.60. The maximum absolute atomic E-state index is 11.9. The van der Waals surface area contributed by atoms with Gasteiger partial charge in [0.25, 0.3) is 5.91 Å². The second-order valence-corrected chi connectivity index (χ2v) is 5.76. The Bertz CT molecular complexity index is 439. The summed E-state index contributed by atoms with van der Waals surface area (Å²) in [5.41, 5.74) is 6.93. The van der Waals surface area contributed by atoms with Gasteiger partial charge in [-0.05, 0) is 63.0 Å². The maximum atomic E-state index is 11.9. The molecule has 0 bridgehead atoms. The summed E-state index contributed by atoms with van der Waals surface area (Å²) in [6, 6.07) is 7.09. The Kier molecular flexibility index (Phi) is 5.41. The van der Waals surface area contributed by atoms with Crippen LogP contribution in [0, 0.1) is 5.92 Å². The molecular weight excluding hydrogens is 250 g/mol. The normalized spacial score (nSPS) is 17.1. The Hall–Kier alpha value is -1.55.